The molecule has 8 bridgehead atoms. The first-order valence-corrected chi connectivity index (χ1v) is 27.1. The minimum Gasteiger partial charge on any atom is -0.691 e. The van der Waals surface area contributed by atoms with E-state index in [2.05, 4.69) is 113 Å². The Morgan fingerprint density at radius 1 is 0.479 bits per heavy atom. The summed E-state index contributed by atoms with van der Waals surface area (Å²) in [5.74, 6) is 2.88. The summed E-state index contributed by atoms with van der Waals surface area (Å²) in [6.07, 6.45) is 7.55. The summed E-state index contributed by atoms with van der Waals surface area (Å²) in [7, 11) is -2.01. The van der Waals surface area contributed by atoms with Gasteiger partial charge in [0.25, 0.3) is 0 Å². The Morgan fingerprint density at radius 2 is 0.767 bits per heavy atom. The van der Waals surface area contributed by atoms with Gasteiger partial charge in [-0.25, -0.2) is 9.97 Å². The van der Waals surface area contributed by atoms with Crippen LogP contribution in [0.2, 0.25) is 0 Å². The fraction of sp³-hybridized carbons (Fsp3) is 0.140. The van der Waals surface area contributed by atoms with Crippen LogP contribution >= 0.6 is 9.76 Å². The quantitative estimate of drug-likeness (QED) is 0.0479. The zero-order valence-electron chi connectivity index (χ0n) is 40.6. The maximum absolute atomic E-state index is 9.83. The van der Waals surface area contributed by atoms with Gasteiger partial charge in [0.2, 0.25) is 0 Å². The van der Waals surface area contributed by atoms with Gasteiger partial charge in [-0.15, -0.1) is 0 Å². The summed E-state index contributed by atoms with van der Waals surface area (Å²) >= 11 is 0. The van der Waals surface area contributed by atoms with Gasteiger partial charge in [0.05, 0.1) is 23.3 Å². The number of fused-ring (bicyclic) bond motifs is 24. The predicted octanol–water partition coefficient (Wildman–Crippen LogP) is 9.25. The van der Waals surface area contributed by atoms with Gasteiger partial charge >= 0.3 is 38.5 Å². The number of unbranched alkanes of at least 4 members (excludes halogenated alkanes) is 4. The Labute approximate surface area is 461 Å². The van der Waals surface area contributed by atoms with Crippen molar-refractivity contribution in [2.45, 2.75) is 39.0 Å². The third-order valence-electron chi connectivity index (χ3n) is 13.2. The fourth-order valence-corrected chi connectivity index (χ4v) is 11.5. The maximum Gasteiger partial charge on any atom is 1.00 e. The van der Waals surface area contributed by atoms with Crippen LogP contribution in [-0.2, 0) is 30.4 Å². The average Bonchev–Trinajstić information content (AvgIpc) is 4.11. The van der Waals surface area contributed by atoms with E-state index < -0.39 is 9.76 Å². The van der Waals surface area contributed by atoms with Crippen molar-refractivity contribution in [2.24, 2.45) is 0 Å². The standard InChI is InChI=1S/C48H24N8.C8H20O4SSi.CH3.Na.Pt/c1-2-10-26-18-34-33(17-25(26)9-1)41-49-42(34)54-44-37-21-29-13-5-6-14-30(29)22-38(37)46(51-44)56-48-40-24-32-16-8-7-15-31(32)23-39(40)47(52-48)55-45-36-20-28-12-4-3-11-27(28)19-35(36)43(50-45)53-41;1-3-4-5-6-7-8-13(2,14-10)12-11-9;;;/h1-24H;9-10H,3-8H2,1-2H3;1H3;;/q-2;;-1;+1;/p-1. The number of aromatic nitrogens is 8. The molecule has 2 aliphatic rings. The van der Waals surface area contributed by atoms with Crippen LogP contribution in [-0.4, -0.2) is 55.6 Å². The molecule has 12 nitrogen and oxygen atoms in total. The monoisotopic (exact) mass is 1180 g/mol. The number of benzene rings is 8. The summed E-state index contributed by atoms with van der Waals surface area (Å²) in [4.78, 5) is 50.6. The minimum atomic E-state index is -1.67. The van der Waals surface area contributed by atoms with Crippen LogP contribution in [0.5, 0.6) is 0 Å². The van der Waals surface area contributed by atoms with Crippen molar-refractivity contribution < 1.29 is 70.0 Å². The van der Waals surface area contributed by atoms with Crippen molar-refractivity contribution >= 4 is 106 Å². The normalized spacial score (nSPS) is 12.8. The van der Waals surface area contributed by atoms with Crippen LogP contribution in [0.3, 0.4) is 0 Å². The van der Waals surface area contributed by atoms with E-state index >= 15 is 0 Å². The van der Waals surface area contributed by atoms with Crippen LogP contribution in [0.25, 0.3) is 133 Å². The molecule has 0 saturated heterocycles. The van der Waals surface area contributed by atoms with E-state index in [1.807, 2.05) is 48.5 Å². The van der Waals surface area contributed by atoms with E-state index in [1.54, 1.807) is 6.26 Å². The molecule has 1 atom stereocenters. The molecule has 0 fully saturated rings. The first kappa shape index (κ1) is 52.1. The zero-order valence-corrected chi connectivity index (χ0v) is 46.7. The van der Waals surface area contributed by atoms with E-state index in [1.165, 1.54) is 19.3 Å². The summed E-state index contributed by atoms with van der Waals surface area (Å²) in [6.45, 7) is 2.17. The van der Waals surface area contributed by atoms with Crippen LogP contribution in [0, 0.1) is 7.43 Å². The summed E-state index contributed by atoms with van der Waals surface area (Å²) in [6, 6.07) is 50.4. The second kappa shape index (κ2) is 22.0. The number of hydrogen-bond donors (Lipinski definition) is 1. The molecule has 5 heterocycles. The number of nitrogens with zero attached hydrogens (tertiary/aromatic N) is 8. The minimum absolute atomic E-state index is 0. The van der Waals surface area contributed by atoms with Crippen molar-refractivity contribution in [3.05, 3.63) is 153 Å². The van der Waals surface area contributed by atoms with E-state index in [0.717, 1.165) is 105 Å². The van der Waals surface area contributed by atoms with Crippen molar-refractivity contribution in [3.8, 4) is 45.6 Å². The molecule has 362 valence electrons. The fourth-order valence-electron chi connectivity index (χ4n) is 9.54. The van der Waals surface area contributed by atoms with Gasteiger partial charge in [-0.05, 0) is 132 Å². The first-order valence-electron chi connectivity index (χ1n) is 23.3. The van der Waals surface area contributed by atoms with Gasteiger partial charge < -0.3 is 47.4 Å². The largest absolute Gasteiger partial charge is 1.00 e. The van der Waals surface area contributed by atoms with E-state index in [-0.39, 0.29) is 67.0 Å². The van der Waals surface area contributed by atoms with Crippen LogP contribution in [0.15, 0.2) is 146 Å². The summed E-state index contributed by atoms with van der Waals surface area (Å²) in [5, 5.41) is 25.5. The van der Waals surface area contributed by atoms with Crippen LogP contribution < -0.4 is 44.8 Å². The zero-order chi connectivity index (χ0) is 47.3. The Bertz CT molecular complexity index is 3590. The van der Waals surface area contributed by atoms with E-state index in [9.17, 15) is 5.26 Å². The molecule has 8 aromatic carbocycles. The molecule has 1 unspecified atom stereocenters. The molecule has 3 aromatic heterocycles. The third kappa shape index (κ3) is 10.0. The molecule has 0 amide bonds. The van der Waals surface area contributed by atoms with Gasteiger partial charge in [0.15, 0.2) is 0 Å². The molecular weight excluding hydrogens is 1140 g/mol. The third-order valence-corrected chi connectivity index (χ3v) is 17.0. The summed E-state index contributed by atoms with van der Waals surface area (Å²) < 4.78 is 4.58. The molecule has 1 N–H and O–H groups in total. The van der Waals surface area contributed by atoms with E-state index in [0.29, 0.717) is 45.9 Å². The molecule has 0 aliphatic carbocycles. The molecule has 2 aliphatic heterocycles. The number of rotatable bonds is 9. The van der Waals surface area contributed by atoms with E-state index in [4.69, 9.17) is 44.7 Å². The van der Waals surface area contributed by atoms with Gasteiger partial charge in [0, 0.05) is 65.9 Å². The average molecular weight is 1190 g/mol. The Balaban J connectivity index is 0.000000342. The van der Waals surface area contributed by atoms with Crippen molar-refractivity contribution in [1.82, 2.24) is 39.9 Å². The molecule has 0 saturated carbocycles. The smallest absolute Gasteiger partial charge is 0.691 e. The molecule has 2 radical (unpaired) electrons. The van der Waals surface area contributed by atoms with Crippen molar-refractivity contribution in [1.29, 1.82) is 0 Å². The van der Waals surface area contributed by atoms with Gasteiger partial charge in [-0.1, -0.05) is 139 Å². The molecule has 13 rings (SSSR count). The molecule has 16 heteroatoms. The number of hydrogen-bond acceptors (Lipinski definition) is 10. The Morgan fingerprint density at radius 3 is 1.04 bits per heavy atom. The van der Waals surface area contributed by atoms with Gasteiger partial charge in [0.1, 0.15) is 0 Å². The topological polar surface area (TPSA) is 167 Å². The van der Waals surface area contributed by atoms with Crippen LogP contribution in [0.4, 0.5) is 0 Å². The Hall–Kier alpha value is -5.74. The second-order valence-electron chi connectivity index (χ2n) is 17.8. The SMILES string of the molecule is CCCCCCCS(C)(OO[O-])[Si]O.[CH3-].[Na+].[Pt].c1ccc2cc3c(cc2c1)-c1nc-3nc2[n-]c(nc3nc(nc4[n-]c(n1)c1cc5ccccc5cc41)-c1cc4ccccc4cc1-3)c1cc3ccccc3cc21. The summed E-state index contributed by atoms with van der Waals surface area (Å²) in [5.41, 5.74) is 5.67. The molecule has 0 spiro atoms. The molecule has 11 aromatic rings. The van der Waals surface area contributed by atoms with Crippen molar-refractivity contribution in [3.63, 3.8) is 0 Å². The molecular formula is C57H46N8NaO4PtSSi-3. The predicted molar refractivity (Wildman–Crippen MR) is 288 cm³/mol. The van der Waals surface area contributed by atoms with Crippen molar-refractivity contribution in [2.75, 3.05) is 12.0 Å². The Kier molecular flexibility index (Phi) is 15.7. The first-order chi connectivity index (χ1) is 34.3. The van der Waals surface area contributed by atoms with Gasteiger partial charge in [-0.3, -0.25) is 5.04 Å². The molecule has 73 heavy (non-hydrogen) atoms. The second-order valence-corrected chi connectivity index (χ2v) is 23.7. The van der Waals surface area contributed by atoms with Crippen LogP contribution in [0.1, 0.15) is 39.0 Å². The van der Waals surface area contributed by atoms with Gasteiger partial charge in [-0.2, -0.15) is 4.33 Å². The maximum atomic E-state index is 9.83.